The van der Waals surface area contributed by atoms with Gasteiger partial charge in [0.15, 0.2) is 0 Å². The SMILES string of the molecule is CC(O)COc1ccc(N2CCN(CC(O)c3ccnc(CO)c3)C[C@H]2c2ccc(Cl)cc2)c(C#N)c1. The maximum absolute atomic E-state index is 10.9. The van der Waals surface area contributed by atoms with Crippen LogP contribution in [0, 0.1) is 11.3 Å². The van der Waals surface area contributed by atoms with Crippen LogP contribution in [0.3, 0.4) is 0 Å². The van der Waals surface area contributed by atoms with Crippen molar-refractivity contribution in [1.82, 2.24) is 9.88 Å². The molecule has 3 atom stereocenters. The molecule has 8 nitrogen and oxygen atoms in total. The van der Waals surface area contributed by atoms with Crippen molar-refractivity contribution in [1.29, 1.82) is 5.26 Å². The van der Waals surface area contributed by atoms with Gasteiger partial charge in [-0.3, -0.25) is 9.88 Å². The van der Waals surface area contributed by atoms with E-state index in [0.717, 1.165) is 11.3 Å². The Morgan fingerprint density at radius 1 is 1.14 bits per heavy atom. The third kappa shape index (κ3) is 6.77. The first-order chi connectivity index (χ1) is 17.9. The van der Waals surface area contributed by atoms with Crippen molar-refractivity contribution in [3.8, 4) is 11.8 Å². The molecule has 0 saturated carbocycles. The number of nitrogens with zero attached hydrogens (tertiary/aromatic N) is 4. The summed E-state index contributed by atoms with van der Waals surface area (Å²) in [7, 11) is 0. The number of piperazine rings is 1. The van der Waals surface area contributed by atoms with Crippen LogP contribution in [-0.4, -0.2) is 64.1 Å². The molecule has 2 heterocycles. The minimum Gasteiger partial charge on any atom is -0.491 e. The van der Waals surface area contributed by atoms with Crippen LogP contribution >= 0.6 is 11.6 Å². The maximum atomic E-state index is 10.9. The van der Waals surface area contributed by atoms with Gasteiger partial charge in [0.2, 0.25) is 0 Å². The van der Waals surface area contributed by atoms with Crippen molar-refractivity contribution in [2.45, 2.75) is 31.8 Å². The smallest absolute Gasteiger partial charge is 0.120 e. The summed E-state index contributed by atoms with van der Waals surface area (Å²) in [5, 5.41) is 40.4. The monoisotopic (exact) mass is 522 g/mol. The van der Waals surface area contributed by atoms with E-state index in [9.17, 15) is 20.6 Å². The number of anilines is 1. The lowest BCUT2D eigenvalue weighted by atomic mass is 9.99. The van der Waals surface area contributed by atoms with Crippen LogP contribution in [-0.2, 0) is 6.61 Å². The largest absolute Gasteiger partial charge is 0.491 e. The van der Waals surface area contributed by atoms with Crippen molar-refractivity contribution in [2.75, 3.05) is 37.7 Å². The van der Waals surface area contributed by atoms with Gasteiger partial charge < -0.3 is 25.0 Å². The normalized spacial score (nSPS) is 17.7. The molecule has 9 heteroatoms. The van der Waals surface area contributed by atoms with E-state index in [2.05, 4.69) is 20.9 Å². The second-order valence-corrected chi connectivity index (χ2v) is 9.66. The van der Waals surface area contributed by atoms with Gasteiger partial charge in [-0.05, 0) is 60.5 Å². The number of aromatic nitrogens is 1. The predicted molar refractivity (Wildman–Crippen MR) is 141 cm³/mol. The van der Waals surface area contributed by atoms with Crippen LogP contribution in [0.15, 0.2) is 60.8 Å². The summed E-state index contributed by atoms with van der Waals surface area (Å²) in [5.41, 5.74) is 3.57. The van der Waals surface area contributed by atoms with E-state index in [1.807, 2.05) is 36.4 Å². The van der Waals surface area contributed by atoms with Gasteiger partial charge in [-0.25, -0.2) is 0 Å². The summed E-state index contributed by atoms with van der Waals surface area (Å²) in [6, 6.07) is 18.8. The Hall–Kier alpha value is -3.19. The lowest BCUT2D eigenvalue weighted by Gasteiger charge is -2.44. The van der Waals surface area contributed by atoms with Gasteiger partial charge in [0.1, 0.15) is 18.4 Å². The molecule has 1 aliphatic heterocycles. The number of halogens is 1. The third-order valence-corrected chi connectivity index (χ3v) is 6.68. The Morgan fingerprint density at radius 3 is 2.62 bits per heavy atom. The van der Waals surface area contributed by atoms with Gasteiger partial charge in [0.05, 0.1) is 41.8 Å². The van der Waals surface area contributed by atoms with Crippen molar-refractivity contribution in [2.24, 2.45) is 0 Å². The molecule has 3 aromatic rings. The van der Waals surface area contributed by atoms with Crippen LogP contribution in [0.25, 0.3) is 0 Å². The Morgan fingerprint density at radius 2 is 1.92 bits per heavy atom. The lowest BCUT2D eigenvalue weighted by Crippen LogP contribution is -2.49. The molecule has 0 amide bonds. The molecule has 1 aliphatic rings. The van der Waals surface area contributed by atoms with Gasteiger partial charge in [-0.2, -0.15) is 5.26 Å². The number of aliphatic hydroxyl groups is 3. The highest BCUT2D eigenvalue weighted by molar-refractivity contribution is 6.30. The van der Waals surface area contributed by atoms with Crippen LogP contribution in [0.5, 0.6) is 5.75 Å². The third-order valence-electron chi connectivity index (χ3n) is 6.43. The highest BCUT2D eigenvalue weighted by Gasteiger charge is 2.31. The minimum absolute atomic E-state index is 0.0833. The number of pyridine rings is 1. The highest BCUT2D eigenvalue weighted by Crippen LogP contribution is 2.35. The molecule has 0 bridgehead atoms. The number of β-amino-alcohol motifs (C(OH)–C–C–N with tert-alkyl or cyclic N) is 1. The van der Waals surface area contributed by atoms with E-state index in [4.69, 9.17) is 16.3 Å². The summed E-state index contributed by atoms with van der Waals surface area (Å²) >= 11 is 6.16. The van der Waals surface area contributed by atoms with E-state index in [0.29, 0.717) is 53.8 Å². The summed E-state index contributed by atoms with van der Waals surface area (Å²) in [6.45, 7) is 3.99. The molecule has 2 unspecified atom stereocenters. The molecule has 1 saturated heterocycles. The number of aliphatic hydroxyl groups excluding tert-OH is 3. The van der Waals surface area contributed by atoms with Crippen molar-refractivity contribution in [3.05, 3.63) is 88.2 Å². The molecule has 2 aromatic carbocycles. The van der Waals surface area contributed by atoms with Crippen molar-refractivity contribution in [3.63, 3.8) is 0 Å². The maximum Gasteiger partial charge on any atom is 0.120 e. The number of rotatable bonds is 9. The fourth-order valence-corrected chi connectivity index (χ4v) is 4.69. The first-order valence-electron chi connectivity index (χ1n) is 12.2. The number of hydrogen-bond acceptors (Lipinski definition) is 8. The average Bonchev–Trinajstić information content (AvgIpc) is 2.92. The van der Waals surface area contributed by atoms with E-state index in [-0.39, 0.29) is 19.3 Å². The molecular weight excluding hydrogens is 492 g/mol. The molecule has 4 rings (SSSR count). The summed E-state index contributed by atoms with van der Waals surface area (Å²) in [5.74, 6) is 0.533. The predicted octanol–water partition coefficient (Wildman–Crippen LogP) is 3.46. The number of benzene rings is 2. The zero-order valence-corrected chi connectivity index (χ0v) is 21.4. The molecule has 0 radical (unpaired) electrons. The Bertz CT molecular complexity index is 1230. The van der Waals surface area contributed by atoms with Crippen molar-refractivity contribution < 1.29 is 20.1 Å². The van der Waals surface area contributed by atoms with E-state index in [1.54, 1.807) is 31.3 Å². The Balaban J connectivity index is 1.58. The quantitative estimate of drug-likeness (QED) is 0.391. The van der Waals surface area contributed by atoms with Crippen LogP contribution in [0.4, 0.5) is 5.69 Å². The summed E-state index contributed by atoms with van der Waals surface area (Å²) < 4.78 is 5.61. The molecule has 37 heavy (non-hydrogen) atoms. The zero-order chi connectivity index (χ0) is 26.4. The highest BCUT2D eigenvalue weighted by atomic mass is 35.5. The second-order valence-electron chi connectivity index (χ2n) is 9.23. The summed E-state index contributed by atoms with van der Waals surface area (Å²) in [4.78, 5) is 8.50. The van der Waals surface area contributed by atoms with Crippen LogP contribution in [0.2, 0.25) is 5.02 Å². The fraction of sp³-hybridized carbons (Fsp3) is 0.357. The molecule has 3 N–H and O–H groups in total. The number of nitriles is 1. The first kappa shape index (κ1) is 26.9. The molecule has 0 aliphatic carbocycles. The standard InChI is InChI=1S/C28H31ClN4O4/c1-19(35)18-37-25-6-7-26(22(13-25)14-30)33-11-10-32(15-27(33)20-2-4-23(29)5-3-20)16-28(36)21-8-9-31-24(12-21)17-34/h2-9,12-13,19,27-28,34-36H,10-11,15-18H2,1H3/t19?,27-,28?/m0/s1. The lowest BCUT2D eigenvalue weighted by molar-refractivity contribution is 0.100. The number of hydrogen-bond donors (Lipinski definition) is 3. The first-order valence-corrected chi connectivity index (χ1v) is 12.6. The summed E-state index contributed by atoms with van der Waals surface area (Å²) in [6.07, 6.45) is 0.257. The Labute approximate surface area is 221 Å². The van der Waals surface area contributed by atoms with E-state index >= 15 is 0 Å². The van der Waals surface area contributed by atoms with Crippen LogP contribution < -0.4 is 9.64 Å². The fourth-order valence-electron chi connectivity index (χ4n) is 4.57. The number of ether oxygens (including phenoxy) is 1. The van der Waals surface area contributed by atoms with Gasteiger partial charge in [-0.1, -0.05) is 23.7 Å². The van der Waals surface area contributed by atoms with Gasteiger partial charge in [-0.15, -0.1) is 0 Å². The Kier molecular flexibility index (Phi) is 8.98. The topological polar surface area (TPSA) is 113 Å². The van der Waals surface area contributed by atoms with E-state index < -0.39 is 12.2 Å². The van der Waals surface area contributed by atoms with Gasteiger partial charge >= 0.3 is 0 Å². The molecule has 1 aromatic heterocycles. The molecule has 0 spiro atoms. The zero-order valence-electron chi connectivity index (χ0n) is 20.7. The second kappa shape index (κ2) is 12.4. The van der Waals surface area contributed by atoms with Gasteiger partial charge in [0.25, 0.3) is 0 Å². The molecular formula is C28H31ClN4O4. The van der Waals surface area contributed by atoms with E-state index in [1.165, 1.54) is 0 Å². The molecule has 194 valence electrons. The van der Waals surface area contributed by atoms with Crippen molar-refractivity contribution >= 4 is 17.3 Å². The molecule has 1 fully saturated rings. The van der Waals surface area contributed by atoms with Gasteiger partial charge in [0, 0.05) is 37.4 Å². The average molecular weight is 523 g/mol. The van der Waals surface area contributed by atoms with Crippen LogP contribution in [0.1, 0.15) is 41.5 Å². The minimum atomic E-state index is -0.731.